The summed E-state index contributed by atoms with van der Waals surface area (Å²) in [6.07, 6.45) is 5.88. The zero-order valence-electron chi connectivity index (χ0n) is 13.8. The molecule has 7 nitrogen and oxygen atoms in total. The topological polar surface area (TPSA) is 71.2 Å². The lowest BCUT2D eigenvalue weighted by atomic mass is 10.3. The van der Waals surface area contributed by atoms with Gasteiger partial charge in [0.25, 0.3) is 5.78 Å². The first-order chi connectivity index (χ1) is 11.8. The Kier molecular flexibility index (Phi) is 4.29. The van der Waals surface area contributed by atoms with Gasteiger partial charge in [-0.1, -0.05) is 6.92 Å². The Bertz CT molecular complexity index is 819. The van der Waals surface area contributed by atoms with E-state index in [1.807, 2.05) is 6.07 Å². The fourth-order valence-corrected chi connectivity index (χ4v) is 3.87. The highest BCUT2D eigenvalue weighted by Gasteiger charge is 2.15. The number of aromatic nitrogens is 5. The molecule has 1 aliphatic heterocycles. The second kappa shape index (κ2) is 6.72. The summed E-state index contributed by atoms with van der Waals surface area (Å²) in [7, 11) is 0. The average Bonchev–Trinajstić information content (AvgIpc) is 3.34. The molecule has 1 N–H and O–H groups in total. The lowest BCUT2D eigenvalue weighted by Crippen LogP contribution is -2.17. The quantitative estimate of drug-likeness (QED) is 0.741. The summed E-state index contributed by atoms with van der Waals surface area (Å²) in [5.74, 6) is 1.58. The van der Waals surface area contributed by atoms with Crippen molar-refractivity contribution >= 4 is 28.1 Å². The lowest BCUT2D eigenvalue weighted by molar-refractivity contribution is 0.883. The molecular formula is C16H21N7S. The van der Waals surface area contributed by atoms with Gasteiger partial charge in [-0.15, -0.1) is 11.3 Å². The van der Waals surface area contributed by atoms with Crippen LogP contribution in [0.2, 0.25) is 0 Å². The first kappa shape index (κ1) is 15.3. The van der Waals surface area contributed by atoms with Gasteiger partial charge in [-0.3, -0.25) is 0 Å². The Morgan fingerprint density at radius 1 is 1.21 bits per heavy atom. The first-order valence-corrected chi connectivity index (χ1v) is 9.34. The first-order valence-electron chi connectivity index (χ1n) is 8.46. The Hall–Kier alpha value is -2.22. The van der Waals surface area contributed by atoms with Crippen molar-refractivity contribution in [2.75, 3.05) is 29.9 Å². The second-order valence-corrected chi connectivity index (χ2v) is 6.79. The summed E-state index contributed by atoms with van der Waals surface area (Å²) in [6.45, 7) is 5.19. The molecule has 3 aromatic heterocycles. The van der Waals surface area contributed by atoms with Crippen LogP contribution in [-0.2, 0) is 12.8 Å². The van der Waals surface area contributed by atoms with E-state index in [-0.39, 0.29) is 0 Å². The van der Waals surface area contributed by atoms with Crippen molar-refractivity contribution in [3.63, 3.8) is 0 Å². The number of nitrogens with one attached hydrogen (secondary N) is 1. The van der Waals surface area contributed by atoms with Crippen LogP contribution in [0.4, 0.5) is 10.9 Å². The van der Waals surface area contributed by atoms with E-state index in [9.17, 15) is 0 Å². The summed E-state index contributed by atoms with van der Waals surface area (Å²) >= 11 is 1.75. The van der Waals surface area contributed by atoms with Gasteiger partial charge in [-0.05, 0) is 19.3 Å². The zero-order valence-corrected chi connectivity index (χ0v) is 14.6. The predicted octanol–water partition coefficient (Wildman–Crippen LogP) is 2.40. The number of thiazole rings is 1. The molecule has 1 saturated heterocycles. The van der Waals surface area contributed by atoms with Crippen LogP contribution in [0.5, 0.6) is 0 Å². The van der Waals surface area contributed by atoms with Crippen LogP contribution < -0.4 is 10.2 Å². The van der Waals surface area contributed by atoms with Crippen LogP contribution in [-0.4, -0.2) is 44.2 Å². The van der Waals surface area contributed by atoms with Crippen LogP contribution in [0.3, 0.4) is 0 Å². The molecule has 24 heavy (non-hydrogen) atoms. The van der Waals surface area contributed by atoms with Gasteiger partial charge in [-0.2, -0.15) is 14.6 Å². The van der Waals surface area contributed by atoms with Crippen molar-refractivity contribution in [3.05, 3.63) is 29.2 Å². The summed E-state index contributed by atoms with van der Waals surface area (Å²) in [6, 6.07) is 2.04. The van der Waals surface area contributed by atoms with E-state index < -0.39 is 0 Å². The van der Waals surface area contributed by atoms with Gasteiger partial charge in [0.1, 0.15) is 12.1 Å². The molecule has 0 spiro atoms. The van der Waals surface area contributed by atoms with E-state index in [2.05, 4.69) is 37.6 Å². The molecule has 0 aromatic carbocycles. The van der Waals surface area contributed by atoms with Gasteiger partial charge in [0.05, 0.1) is 5.69 Å². The monoisotopic (exact) mass is 343 g/mol. The fourth-order valence-electron chi connectivity index (χ4n) is 2.95. The molecule has 4 rings (SSSR count). The highest BCUT2D eigenvalue weighted by Crippen LogP contribution is 2.24. The van der Waals surface area contributed by atoms with Crippen molar-refractivity contribution in [1.82, 2.24) is 24.6 Å². The van der Waals surface area contributed by atoms with Crippen molar-refractivity contribution in [1.29, 1.82) is 0 Å². The predicted molar refractivity (Wildman–Crippen MR) is 95.9 cm³/mol. The van der Waals surface area contributed by atoms with Crippen LogP contribution in [0, 0.1) is 0 Å². The largest absolute Gasteiger partial charge is 0.369 e. The Morgan fingerprint density at radius 2 is 2.08 bits per heavy atom. The minimum Gasteiger partial charge on any atom is -0.369 e. The minimum absolute atomic E-state index is 0.641. The van der Waals surface area contributed by atoms with Gasteiger partial charge in [0.2, 0.25) is 0 Å². The van der Waals surface area contributed by atoms with Crippen LogP contribution in [0.15, 0.2) is 17.8 Å². The summed E-state index contributed by atoms with van der Waals surface area (Å²) in [5, 5.41) is 11.0. The molecule has 0 atom stereocenters. The molecule has 126 valence electrons. The number of fused-ring (bicyclic) bond motifs is 1. The average molecular weight is 343 g/mol. The van der Waals surface area contributed by atoms with Crippen molar-refractivity contribution in [2.45, 2.75) is 32.6 Å². The third-order valence-corrected chi connectivity index (χ3v) is 5.22. The number of rotatable bonds is 6. The molecule has 0 radical (unpaired) electrons. The van der Waals surface area contributed by atoms with Gasteiger partial charge >= 0.3 is 0 Å². The molecular weight excluding hydrogens is 322 g/mol. The van der Waals surface area contributed by atoms with E-state index in [1.54, 1.807) is 15.9 Å². The summed E-state index contributed by atoms with van der Waals surface area (Å²) in [5.41, 5.74) is 2.16. The van der Waals surface area contributed by atoms with Crippen LogP contribution in [0.25, 0.3) is 5.78 Å². The van der Waals surface area contributed by atoms with Crippen molar-refractivity contribution in [3.8, 4) is 0 Å². The Labute approximate surface area is 144 Å². The summed E-state index contributed by atoms with van der Waals surface area (Å²) < 4.78 is 1.75. The molecule has 0 saturated carbocycles. The molecule has 1 aliphatic rings. The fraction of sp³-hybridized carbons (Fsp3) is 0.500. The van der Waals surface area contributed by atoms with Crippen molar-refractivity contribution < 1.29 is 0 Å². The van der Waals surface area contributed by atoms with Crippen LogP contribution >= 0.6 is 11.3 Å². The van der Waals surface area contributed by atoms with Gasteiger partial charge < -0.3 is 10.2 Å². The number of nitrogens with zero attached hydrogens (tertiary/aromatic N) is 6. The molecule has 8 heteroatoms. The highest BCUT2D eigenvalue weighted by molar-refractivity contribution is 7.13. The van der Waals surface area contributed by atoms with Gasteiger partial charge in [-0.25, -0.2) is 9.97 Å². The van der Waals surface area contributed by atoms with Crippen LogP contribution in [0.1, 0.15) is 31.2 Å². The molecule has 3 aromatic rings. The minimum atomic E-state index is 0.641. The maximum Gasteiger partial charge on any atom is 0.254 e. The third-order valence-electron chi connectivity index (χ3n) is 4.27. The second-order valence-electron chi connectivity index (χ2n) is 5.95. The smallest absolute Gasteiger partial charge is 0.254 e. The van der Waals surface area contributed by atoms with Gasteiger partial charge in [0.15, 0.2) is 5.13 Å². The highest BCUT2D eigenvalue weighted by atomic mass is 32.1. The molecule has 1 fully saturated rings. The lowest BCUT2D eigenvalue weighted by Gasteiger charge is -2.12. The Morgan fingerprint density at radius 3 is 2.92 bits per heavy atom. The van der Waals surface area contributed by atoms with E-state index in [0.29, 0.717) is 5.78 Å². The maximum absolute atomic E-state index is 4.77. The molecule has 4 heterocycles. The maximum atomic E-state index is 4.77. The number of hydrogen-bond acceptors (Lipinski definition) is 7. The van der Waals surface area contributed by atoms with E-state index in [1.165, 1.54) is 24.3 Å². The number of hydrogen-bond donors (Lipinski definition) is 1. The van der Waals surface area contributed by atoms with E-state index >= 15 is 0 Å². The van der Waals surface area contributed by atoms with E-state index in [0.717, 1.165) is 49.7 Å². The molecule has 0 unspecified atom stereocenters. The molecule has 0 bridgehead atoms. The number of aryl methyl sites for hydroxylation is 1. The van der Waals surface area contributed by atoms with E-state index in [4.69, 9.17) is 4.98 Å². The SMILES string of the molecule is CCc1cc(NCCc2csc(N3CCCC3)n2)n2ncnc2n1. The molecule has 0 amide bonds. The Balaban J connectivity index is 1.41. The zero-order chi connectivity index (χ0) is 16.4. The van der Waals surface area contributed by atoms with Crippen molar-refractivity contribution in [2.24, 2.45) is 0 Å². The third kappa shape index (κ3) is 3.06. The standard InChI is InChI=1S/C16H21N7S/c1-2-12-9-14(23-15(20-12)18-11-19-23)17-6-5-13-10-24-16(21-13)22-7-3-4-8-22/h9-11,17H,2-8H2,1H3. The normalized spacial score (nSPS) is 14.6. The molecule has 0 aliphatic carbocycles. The number of anilines is 2. The summed E-state index contributed by atoms with van der Waals surface area (Å²) in [4.78, 5) is 15.8. The van der Waals surface area contributed by atoms with Gasteiger partial charge in [0, 0.05) is 43.2 Å².